The lowest BCUT2D eigenvalue weighted by molar-refractivity contribution is -0.135. The molecule has 0 spiro atoms. The highest BCUT2D eigenvalue weighted by molar-refractivity contribution is 6.36. The summed E-state index contributed by atoms with van der Waals surface area (Å²) < 4.78 is 36.4. The van der Waals surface area contributed by atoms with Crippen LogP contribution < -0.4 is 4.74 Å². The van der Waals surface area contributed by atoms with Crippen LogP contribution in [0, 0.1) is 11.6 Å². The second kappa shape index (κ2) is 6.31. The molecule has 0 saturated heterocycles. The zero-order chi connectivity index (χ0) is 14.5. The summed E-state index contributed by atoms with van der Waals surface area (Å²) in [6.45, 7) is 1.79. The van der Waals surface area contributed by atoms with Crippen molar-refractivity contribution in [3.05, 3.63) is 29.8 Å². The molecule has 5 nitrogen and oxygen atoms in total. The third kappa shape index (κ3) is 3.23. The third-order valence-electron chi connectivity index (χ3n) is 2.58. The van der Waals surface area contributed by atoms with E-state index in [0.717, 1.165) is 12.1 Å². The molecule has 108 valence electrons. The Labute approximate surface area is 114 Å². The molecule has 2 rings (SSSR count). The molecule has 1 aliphatic heterocycles. The Balaban J connectivity index is 1.87. The van der Waals surface area contributed by atoms with E-state index in [0.29, 0.717) is 0 Å². The van der Waals surface area contributed by atoms with Gasteiger partial charge in [0.2, 0.25) is 0 Å². The molecule has 0 saturated carbocycles. The molecule has 1 aromatic carbocycles. The topological polar surface area (TPSA) is 57.1 Å². The Morgan fingerprint density at radius 3 is 2.80 bits per heavy atom. The van der Waals surface area contributed by atoms with Crippen LogP contribution in [0.2, 0.25) is 0 Å². The first kappa shape index (κ1) is 14.2. The second-order valence-corrected chi connectivity index (χ2v) is 4.05. The van der Waals surface area contributed by atoms with E-state index in [2.05, 4.69) is 5.16 Å². The summed E-state index contributed by atoms with van der Waals surface area (Å²) in [6.07, 6.45) is -0.400. The average molecular weight is 285 g/mol. The van der Waals surface area contributed by atoms with Crippen LogP contribution in [0.15, 0.2) is 23.4 Å². The highest BCUT2D eigenvalue weighted by Gasteiger charge is 2.28. The van der Waals surface area contributed by atoms with Crippen LogP contribution in [0.1, 0.15) is 13.3 Å². The van der Waals surface area contributed by atoms with Gasteiger partial charge in [0.1, 0.15) is 6.61 Å². The molecule has 0 bridgehead atoms. The fraction of sp³-hybridized carbons (Fsp3) is 0.385. The predicted molar refractivity (Wildman–Crippen MR) is 65.4 cm³/mol. The van der Waals surface area contributed by atoms with Crippen molar-refractivity contribution in [2.45, 2.75) is 19.4 Å². The predicted octanol–water partition coefficient (Wildman–Crippen LogP) is 2.05. The van der Waals surface area contributed by atoms with Crippen molar-refractivity contribution < 1.29 is 27.9 Å². The van der Waals surface area contributed by atoms with Gasteiger partial charge >= 0.3 is 5.97 Å². The zero-order valence-corrected chi connectivity index (χ0v) is 10.8. The number of nitrogens with zero attached hydrogens (tertiary/aromatic N) is 1. The van der Waals surface area contributed by atoms with Gasteiger partial charge in [0.15, 0.2) is 29.2 Å². The maximum Gasteiger partial charge on any atom is 0.356 e. The highest BCUT2D eigenvalue weighted by Crippen LogP contribution is 2.22. The van der Waals surface area contributed by atoms with Crippen LogP contribution in [0.4, 0.5) is 8.78 Å². The SMILES string of the molecule is CCOC(=O)C1=NOC(COc2c(F)cccc2F)C1. The molecule has 1 unspecified atom stereocenters. The first-order valence-corrected chi connectivity index (χ1v) is 6.08. The van der Waals surface area contributed by atoms with Gasteiger partial charge in [-0.2, -0.15) is 0 Å². The number of hydrogen-bond acceptors (Lipinski definition) is 5. The van der Waals surface area contributed by atoms with Crippen LogP contribution >= 0.6 is 0 Å². The van der Waals surface area contributed by atoms with Gasteiger partial charge in [0, 0.05) is 6.42 Å². The standard InChI is InChI=1S/C13H13F2NO4/c1-2-18-13(17)11-6-8(20-16-11)7-19-12-9(14)4-3-5-10(12)15/h3-5,8H,2,6-7H2,1H3. The summed E-state index contributed by atoms with van der Waals surface area (Å²) in [5.74, 6) is -2.63. The molecule has 20 heavy (non-hydrogen) atoms. The summed E-state index contributed by atoms with van der Waals surface area (Å²) in [5.41, 5.74) is 0.134. The summed E-state index contributed by atoms with van der Waals surface area (Å²) in [6, 6.07) is 3.43. The second-order valence-electron chi connectivity index (χ2n) is 4.05. The average Bonchev–Trinajstić information content (AvgIpc) is 2.87. The fourth-order valence-corrected chi connectivity index (χ4v) is 1.65. The number of ether oxygens (including phenoxy) is 2. The van der Waals surface area contributed by atoms with Crippen LogP contribution in [0.5, 0.6) is 5.75 Å². The Morgan fingerprint density at radius 2 is 2.15 bits per heavy atom. The molecule has 0 radical (unpaired) electrons. The van der Waals surface area contributed by atoms with Crippen LogP contribution in [-0.4, -0.2) is 31.0 Å². The molecule has 0 amide bonds. The molecular weight excluding hydrogens is 272 g/mol. The van der Waals surface area contributed by atoms with E-state index in [4.69, 9.17) is 14.3 Å². The van der Waals surface area contributed by atoms with Crippen molar-refractivity contribution in [3.8, 4) is 5.75 Å². The quantitative estimate of drug-likeness (QED) is 0.777. The van der Waals surface area contributed by atoms with Gasteiger partial charge < -0.3 is 14.3 Å². The van der Waals surface area contributed by atoms with Crippen LogP contribution in [0.25, 0.3) is 0 Å². The number of benzene rings is 1. The van der Waals surface area contributed by atoms with E-state index in [9.17, 15) is 13.6 Å². The van der Waals surface area contributed by atoms with E-state index >= 15 is 0 Å². The number of esters is 1. The van der Waals surface area contributed by atoms with Crippen molar-refractivity contribution >= 4 is 11.7 Å². The molecule has 1 aliphatic rings. The van der Waals surface area contributed by atoms with Crippen LogP contribution in [-0.2, 0) is 14.4 Å². The van der Waals surface area contributed by atoms with E-state index in [1.807, 2.05) is 0 Å². The number of oxime groups is 1. The molecule has 0 aliphatic carbocycles. The van der Waals surface area contributed by atoms with Gasteiger partial charge in [0.05, 0.1) is 6.61 Å². The first-order chi connectivity index (χ1) is 9.61. The van der Waals surface area contributed by atoms with Crippen LogP contribution in [0.3, 0.4) is 0 Å². The molecule has 0 aromatic heterocycles. The number of para-hydroxylation sites is 1. The third-order valence-corrected chi connectivity index (χ3v) is 2.58. The van der Waals surface area contributed by atoms with Crippen molar-refractivity contribution in [1.82, 2.24) is 0 Å². The zero-order valence-electron chi connectivity index (χ0n) is 10.8. The maximum absolute atomic E-state index is 13.3. The minimum absolute atomic E-state index is 0.121. The lowest BCUT2D eigenvalue weighted by atomic mass is 10.2. The lowest BCUT2D eigenvalue weighted by Crippen LogP contribution is -2.22. The number of hydrogen-bond donors (Lipinski definition) is 0. The minimum atomic E-state index is -0.797. The Bertz CT molecular complexity index is 513. The van der Waals surface area contributed by atoms with Gasteiger partial charge in [0.25, 0.3) is 0 Å². The van der Waals surface area contributed by atoms with Gasteiger partial charge in [-0.3, -0.25) is 0 Å². The largest absolute Gasteiger partial charge is 0.484 e. The Kier molecular flexibility index (Phi) is 4.49. The molecule has 1 atom stereocenters. The number of halogens is 2. The maximum atomic E-state index is 13.3. The normalized spacial score (nSPS) is 17.4. The first-order valence-electron chi connectivity index (χ1n) is 6.08. The number of carbonyl (C=O) groups excluding carboxylic acids is 1. The molecular formula is C13H13F2NO4. The van der Waals surface area contributed by atoms with E-state index in [1.165, 1.54) is 6.07 Å². The van der Waals surface area contributed by atoms with Gasteiger partial charge in [-0.15, -0.1) is 0 Å². The molecule has 0 N–H and O–H groups in total. The van der Waals surface area contributed by atoms with Gasteiger partial charge in [-0.05, 0) is 19.1 Å². The summed E-state index contributed by atoms with van der Waals surface area (Å²) in [7, 11) is 0. The van der Waals surface area contributed by atoms with E-state index in [-0.39, 0.29) is 25.3 Å². The van der Waals surface area contributed by atoms with Gasteiger partial charge in [-0.25, -0.2) is 13.6 Å². The van der Waals surface area contributed by atoms with E-state index in [1.54, 1.807) is 6.92 Å². The monoisotopic (exact) mass is 285 g/mol. The van der Waals surface area contributed by atoms with Crippen molar-refractivity contribution in [1.29, 1.82) is 0 Å². The highest BCUT2D eigenvalue weighted by atomic mass is 19.1. The van der Waals surface area contributed by atoms with Crippen molar-refractivity contribution in [3.63, 3.8) is 0 Å². The smallest absolute Gasteiger partial charge is 0.356 e. The van der Waals surface area contributed by atoms with Crippen molar-refractivity contribution in [2.75, 3.05) is 13.2 Å². The Hall–Kier alpha value is -2.18. The van der Waals surface area contributed by atoms with Gasteiger partial charge in [-0.1, -0.05) is 11.2 Å². The lowest BCUT2D eigenvalue weighted by Gasteiger charge is -2.11. The molecule has 0 fully saturated rings. The summed E-state index contributed by atoms with van der Waals surface area (Å²) >= 11 is 0. The number of carbonyl (C=O) groups is 1. The fourth-order valence-electron chi connectivity index (χ4n) is 1.65. The summed E-state index contributed by atoms with van der Waals surface area (Å²) in [4.78, 5) is 16.3. The Morgan fingerprint density at radius 1 is 1.45 bits per heavy atom. The molecule has 7 heteroatoms. The number of rotatable bonds is 5. The molecule has 1 aromatic rings. The van der Waals surface area contributed by atoms with E-state index < -0.39 is 29.5 Å². The minimum Gasteiger partial charge on any atom is -0.484 e. The van der Waals surface area contributed by atoms with Crippen molar-refractivity contribution in [2.24, 2.45) is 5.16 Å². The molecule has 1 heterocycles. The summed E-state index contributed by atoms with van der Waals surface area (Å²) in [5, 5.41) is 3.57.